The topological polar surface area (TPSA) is 91.5 Å². The Labute approximate surface area is 141 Å². The number of aromatic nitrogens is 4. The maximum atomic E-state index is 12.9. The summed E-state index contributed by atoms with van der Waals surface area (Å²) in [6.07, 6.45) is -1.38. The van der Waals surface area contributed by atoms with Crippen molar-refractivity contribution in [2.75, 3.05) is 17.7 Å². The Kier molecular flexibility index (Phi) is 3.82. The zero-order valence-electron chi connectivity index (χ0n) is 13.8. The molecule has 2 atom stereocenters. The molecule has 10 heteroatoms. The summed E-state index contributed by atoms with van der Waals surface area (Å²) in [6.45, 7) is 3.62. The molecule has 1 unspecified atom stereocenters. The quantitative estimate of drug-likeness (QED) is 0.878. The molecule has 25 heavy (non-hydrogen) atoms. The first-order valence-electron chi connectivity index (χ1n) is 7.54. The van der Waals surface area contributed by atoms with Crippen LogP contribution < -0.4 is 10.6 Å². The summed E-state index contributed by atoms with van der Waals surface area (Å²) < 4.78 is 40.3. The summed E-state index contributed by atoms with van der Waals surface area (Å²) in [7, 11) is 1.36. The third-order valence-electron chi connectivity index (χ3n) is 4.26. The van der Waals surface area contributed by atoms with Gasteiger partial charge in [-0.25, -0.2) is 4.98 Å². The van der Waals surface area contributed by atoms with Gasteiger partial charge in [0.05, 0.1) is 28.9 Å². The van der Waals surface area contributed by atoms with Gasteiger partial charge >= 0.3 is 6.18 Å². The molecule has 1 aliphatic rings. The second-order valence-electron chi connectivity index (χ2n) is 6.19. The summed E-state index contributed by atoms with van der Waals surface area (Å²) in [6, 6.07) is 2.25. The third kappa shape index (κ3) is 3.09. The van der Waals surface area contributed by atoms with E-state index in [2.05, 4.69) is 31.8 Å². The van der Waals surface area contributed by atoms with Gasteiger partial charge in [-0.05, 0) is 20.3 Å². The van der Waals surface area contributed by atoms with E-state index < -0.39 is 17.2 Å². The number of alkyl halides is 3. The minimum absolute atomic E-state index is 0.00635. The Balaban J connectivity index is 1.84. The van der Waals surface area contributed by atoms with Crippen LogP contribution in [0.4, 0.5) is 30.6 Å². The van der Waals surface area contributed by atoms with E-state index in [9.17, 15) is 13.2 Å². The molecule has 3 rings (SSSR count). The largest absolute Gasteiger partial charge is 0.421 e. The zero-order valence-corrected chi connectivity index (χ0v) is 13.8. The van der Waals surface area contributed by atoms with Crippen LogP contribution in [-0.2, 0) is 6.18 Å². The lowest BCUT2D eigenvalue weighted by Crippen LogP contribution is -2.12. The van der Waals surface area contributed by atoms with Crippen LogP contribution in [-0.4, -0.2) is 26.8 Å². The highest BCUT2D eigenvalue weighted by Gasteiger charge is 2.53. The minimum Gasteiger partial charge on any atom is -0.372 e. The van der Waals surface area contributed by atoms with Crippen molar-refractivity contribution >= 4 is 17.5 Å². The number of nitrogens with one attached hydrogen (secondary N) is 2. The van der Waals surface area contributed by atoms with Gasteiger partial charge in [-0.3, -0.25) is 4.68 Å². The molecule has 0 radical (unpaired) electrons. The Morgan fingerprint density at radius 3 is 2.72 bits per heavy atom. The molecule has 2 aromatic heterocycles. The van der Waals surface area contributed by atoms with Gasteiger partial charge in [0.25, 0.3) is 0 Å². The highest BCUT2D eigenvalue weighted by atomic mass is 19.4. The summed E-state index contributed by atoms with van der Waals surface area (Å²) in [5.74, 6) is -0.284. The average Bonchev–Trinajstić information content (AvgIpc) is 3.12. The van der Waals surface area contributed by atoms with Gasteiger partial charge in [0.2, 0.25) is 5.95 Å². The van der Waals surface area contributed by atoms with Crippen molar-refractivity contribution in [1.29, 1.82) is 5.26 Å². The molecule has 0 saturated heterocycles. The van der Waals surface area contributed by atoms with E-state index in [-0.39, 0.29) is 17.8 Å². The fourth-order valence-electron chi connectivity index (χ4n) is 2.57. The van der Waals surface area contributed by atoms with Crippen LogP contribution in [0.3, 0.4) is 0 Å². The number of hydrogen-bond donors (Lipinski definition) is 2. The van der Waals surface area contributed by atoms with Gasteiger partial charge in [-0.1, -0.05) is 0 Å². The highest BCUT2D eigenvalue weighted by Crippen LogP contribution is 2.55. The van der Waals surface area contributed by atoms with Gasteiger partial charge in [0, 0.05) is 19.4 Å². The normalized spacial score (nSPS) is 22.4. The lowest BCUT2D eigenvalue weighted by atomic mass is 10.2. The van der Waals surface area contributed by atoms with Gasteiger partial charge < -0.3 is 10.6 Å². The molecule has 2 aromatic rings. The van der Waals surface area contributed by atoms with Crippen molar-refractivity contribution in [3.8, 4) is 6.07 Å². The molecular weight excluding hydrogens is 335 g/mol. The van der Waals surface area contributed by atoms with Gasteiger partial charge in [-0.2, -0.15) is 28.5 Å². The zero-order chi connectivity index (χ0) is 18.4. The SMILES string of the molecule is CNc1nc(Nc2cn([C@@H]3CC3(C)C#N)nc2C)ncc1C(F)(F)F. The summed E-state index contributed by atoms with van der Waals surface area (Å²) in [5, 5.41) is 18.8. The first-order chi connectivity index (χ1) is 11.7. The van der Waals surface area contributed by atoms with E-state index >= 15 is 0 Å². The molecule has 132 valence electrons. The maximum Gasteiger partial charge on any atom is 0.421 e. The van der Waals surface area contributed by atoms with E-state index in [0.717, 1.165) is 6.20 Å². The smallest absolute Gasteiger partial charge is 0.372 e. The molecule has 2 N–H and O–H groups in total. The van der Waals surface area contributed by atoms with E-state index in [4.69, 9.17) is 5.26 Å². The van der Waals surface area contributed by atoms with Crippen LogP contribution in [0.2, 0.25) is 0 Å². The van der Waals surface area contributed by atoms with Crippen LogP contribution in [0, 0.1) is 23.7 Å². The molecule has 2 heterocycles. The number of aryl methyl sites for hydroxylation is 1. The molecule has 7 nitrogen and oxygen atoms in total. The lowest BCUT2D eigenvalue weighted by molar-refractivity contribution is -0.137. The van der Waals surface area contributed by atoms with Crippen molar-refractivity contribution in [3.05, 3.63) is 23.7 Å². The molecule has 0 bridgehead atoms. The molecule has 1 saturated carbocycles. The number of hydrogen-bond acceptors (Lipinski definition) is 6. The monoisotopic (exact) mass is 351 g/mol. The average molecular weight is 351 g/mol. The van der Waals surface area contributed by atoms with Gasteiger partial charge in [0.1, 0.15) is 11.4 Å². The van der Waals surface area contributed by atoms with Crippen LogP contribution in [0.25, 0.3) is 0 Å². The molecule has 0 aromatic carbocycles. The fourth-order valence-corrected chi connectivity index (χ4v) is 2.57. The van der Waals surface area contributed by atoms with Crippen molar-refractivity contribution in [2.24, 2.45) is 5.41 Å². The van der Waals surface area contributed by atoms with Crippen molar-refractivity contribution in [1.82, 2.24) is 19.7 Å². The van der Waals surface area contributed by atoms with Crippen LogP contribution >= 0.6 is 0 Å². The van der Waals surface area contributed by atoms with Crippen molar-refractivity contribution < 1.29 is 13.2 Å². The number of halogens is 3. The molecule has 0 spiro atoms. The molecular formula is C15H16F3N7. The van der Waals surface area contributed by atoms with Crippen molar-refractivity contribution in [2.45, 2.75) is 32.5 Å². The molecule has 0 aliphatic heterocycles. The Hall–Kier alpha value is -2.83. The van der Waals surface area contributed by atoms with Gasteiger partial charge in [-0.15, -0.1) is 0 Å². The second kappa shape index (κ2) is 5.61. The number of rotatable bonds is 4. The predicted octanol–water partition coefficient (Wildman–Crippen LogP) is 3.26. The highest BCUT2D eigenvalue weighted by molar-refractivity contribution is 5.58. The number of nitriles is 1. The Morgan fingerprint density at radius 2 is 2.16 bits per heavy atom. The summed E-state index contributed by atoms with van der Waals surface area (Å²) >= 11 is 0. The van der Waals surface area contributed by atoms with Crippen LogP contribution in [0.5, 0.6) is 0 Å². The number of nitrogens with zero attached hydrogens (tertiary/aromatic N) is 5. The van der Waals surface area contributed by atoms with Crippen LogP contribution in [0.1, 0.15) is 30.6 Å². The Morgan fingerprint density at radius 1 is 1.44 bits per heavy atom. The van der Waals surface area contributed by atoms with Crippen LogP contribution in [0.15, 0.2) is 12.4 Å². The summed E-state index contributed by atoms with van der Waals surface area (Å²) in [5.41, 5.74) is -0.147. The van der Waals surface area contributed by atoms with Crippen molar-refractivity contribution in [3.63, 3.8) is 0 Å². The maximum absolute atomic E-state index is 12.9. The lowest BCUT2D eigenvalue weighted by Gasteiger charge is -2.12. The summed E-state index contributed by atoms with van der Waals surface area (Å²) in [4.78, 5) is 7.60. The van der Waals surface area contributed by atoms with E-state index in [0.29, 0.717) is 17.8 Å². The fraction of sp³-hybridized carbons (Fsp3) is 0.467. The second-order valence-corrected chi connectivity index (χ2v) is 6.19. The standard InChI is InChI=1S/C15H16F3N7/c1-8-10(6-25(24-8)11-4-14(11,2)7-19)22-13-21-5-9(15(16,17)18)12(20-3)23-13/h5-6,11H,4H2,1-3H3,(H2,20,21,22,23)/t11-,14?/m1/s1. The molecule has 0 amide bonds. The van der Waals surface area contributed by atoms with E-state index in [1.165, 1.54) is 7.05 Å². The Bertz CT molecular complexity index is 852. The minimum atomic E-state index is -4.54. The van der Waals surface area contributed by atoms with E-state index in [1.54, 1.807) is 17.8 Å². The number of anilines is 3. The third-order valence-corrected chi connectivity index (χ3v) is 4.26. The van der Waals surface area contributed by atoms with E-state index in [1.807, 2.05) is 6.92 Å². The molecule has 1 aliphatic carbocycles. The first kappa shape index (κ1) is 17.0. The first-order valence-corrected chi connectivity index (χ1v) is 7.54. The predicted molar refractivity (Wildman–Crippen MR) is 84.2 cm³/mol. The molecule has 1 fully saturated rings. The van der Waals surface area contributed by atoms with Gasteiger partial charge in [0.15, 0.2) is 0 Å².